The number of likely N-dealkylation sites (N-methyl/N-ethyl adjacent to an activating group) is 7. The Morgan fingerprint density at radius 2 is 0.884 bits per heavy atom. The summed E-state index contributed by atoms with van der Waals surface area (Å²) in [6.07, 6.45) is 2.95. The molecule has 95 heavy (non-hydrogen) atoms. The van der Waals surface area contributed by atoms with Gasteiger partial charge in [-0.25, -0.2) is 0 Å². The van der Waals surface area contributed by atoms with Crippen LogP contribution in [0.4, 0.5) is 0 Å². The van der Waals surface area contributed by atoms with Crippen LogP contribution < -0.4 is 16.0 Å². The molecule has 0 spiro atoms. The Morgan fingerprint density at radius 1 is 0.463 bits per heavy atom. The average Bonchev–Trinajstić information content (AvgIpc) is 0.834. The Balaban J connectivity index is 3.19. The van der Waals surface area contributed by atoms with E-state index < -0.39 is 155 Å². The normalized spacial score (nSPS) is 26.2. The van der Waals surface area contributed by atoms with E-state index in [9.17, 15) is 19.5 Å². The molecule has 24 heteroatoms. The third kappa shape index (κ3) is 23.0. The molecule has 0 radical (unpaired) electrons. The average molecular weight is 1350 g/mol. The van der Waals surface area contributed by atoms with E-state index in [0.717, 1.165) is 16.7 Å². The van der Waals surface area contributed by atoms with Gasteiger partial charge in [-0.15, -0.1) is 11.8 Å². The third-order valence-corrected chi connectivity index (χ3v) is 19.1. The summed E-state index contributed by atoms with van der Waals surface area (Å²) in [4.78, 5) is 176. The smallest absolute Gasteiger partial charge is 0.256 e. The summed E-state index contributed by atoms with van der Waals surface area (Å²) in [5.74, 6) is -9.44. The molecule has 4 N–H and O–H groups in total. The summed E-state index contributed by atoms with van der Waals surface area (Å²) >= 11 is 1.13. The van der Waals surface area contributed by atoms with Gasteiger partial charge in [0.15, 0.2) is 5.37 Å². The zero-order chi connectivity index (χ0) is 73.0. The van der Waals surface area contributed by atoms with E-state index in [4.69, 9.17) is 0 Å². The van der Waals surface area contributed by atoms with Crippen molar-refractivity contribution in [1.29, 1.82) is 0 Å². The molecule has 1 fully saturated rings. The molecule has 1 saturated heterocycles. The first-order valence-electron chi connectivity index (χ1n) is 34.2. The molecule has 538 valence electrons. The highest BCUT2D eigenvalue weighted by atomic mass is 32.2. The molecule has 1 heterocycles. The van der Waals surface area contributed by atoms with Crippen LogP contribution in [0.5, 0.6) is 0 Å². The molecule has 0 aromatic heterocycles. The van der Waals surface area contributed by atoms with E-state index >= 15 is 38.4 Å². The fourth-order valence-corrected chi connectivity index (χ4v) is 13.3. The van der Waals surface area contributed by atoms with Crippen molar-refractivity contribution in [3.05, 3.63) is 48.0 Å². The lowest BCUT2D eigenvalue weighted by Crippen LogP contribution is -2.64. The monoisotopic (exact) mass is 1350 g/mol. The Labute approximate surface area is 573 Å². The molecule has 13 atom stereocenters. The lowest BCUT2D eigenvalue weighted by Gasteiger charge is -2.42. The Kier molecular flexibility index (Phi) is 34.7. The highest BCUT2D eigenvalue weighted by Gasteiger charge is 2.47. The standard InChI is InChI=1S/C71H121N11O12S/c1-26-29-33-47(16)59(83)58-62(86)74-51(27-2)64(88)81(25)71(95-28-3)70(94)78(22)55(39-44(10)11)67(91)82(40-50-34-31-30-32-35-50)57(46(14)15)69(93)75(19)52(36-41(4)5)61(85)72-48(17)60(84)73-49(18)63(87)76(20)53(37-42(6)7)65(89)77(21)54(38-43(8)9)66(90)79(23)56(45(12)13)68(92)80(58)24/h26,29-32,34-35,41-49,51-59,71,83H,27-28,33,36-40H2,1-25H3,(H,72,85)(H,73,84)(H,74,86)/b29-26+/t47-,48+,49-,51+,52+,53+,54+,55+,56+,57+,58+,59-,71?/m1/s1. The van der Waals surface area contributed by atoms with Gasteiger partial charge in [0.25, 0.3) is 5.91 Å². The molecule has 1 aliphatic heterocycles. The number of allylic oxidation sites excluding steroid dienone is 2. The number of aliphatic hydroxyl groups excluding tert-OH is 1. The molecule has 0 saturated carbocycles. The van der Waals surface area contributed by atoms with Crippen molar-refractivity contribution in [2.45, 2.75) is 242 Å². The maximum Gasteiger partial charge on any atom is 0.256 e. The van der Waals surface area contributed by atoms with Crippen LogP contribution in [-0.2, 0) is 59.3 Å². The zero-order valence-corrected chi connectivity index (χ0v) is 62.9. The number of nitrogens with one attached hydrogen (secondary N) is 3. The Hall–Kier alpha value is -6.56. The SMILES string of the molecule is C/C=C/C[C@@H](C)[C@@H](O)[C@H]1C(=O)N[C@@H](CC)C(=O)N(C)C(SCC)C(=O)N(C)[C@@H](CC(C)C)C(=O)N(Cc2ccccc2)[C@@H](C(C)C)C(=O)N(C)[C@@H](CC(C)C)C(=O)N[C@@H](C)C(=O)N[C@H](C)C(=O)N(C)[C@@H](CC(C)C)C(=O)N(C)[C@@H](CC(C)C)C(=O)N(C)[C@@H](C(C)C)C(=O)N1C. The van der Waals surface area contributed by atoms with E-state index in [1.807, 2.05) is 93.5 Å². The largest absolute Gasteiger partial charge is 0.390 e. The summed E-state index contributed by atoms with van der Waals surface area (Å²) in [7, 11) is 10.1. The van der Waals surface area contributed by atoms with Crippen molar-refractivity contribution in [3.63, 3.8) is 0 Å². The minimum Gasteiger partial charge on any atom is -0.390 e. The van der Waals surface area contributed by atoms with Gasteiger partial charge in [0.1, 0.15) is 60.4 Å². The van der Waals surface area contributed by atoms with Gasteiger partial charge in [0.2, 0.25) is 59.1 Å². The van der Waals surface area contributed by atoms with Crippen LogP contribution in [-0.4, -0.2) is 236 Å². The molecule has 0 aliphatic carbocycles. The van der Waals surface area contributed by atoms with Gasteiger partial charge in [0.05, 0.1) is 6.10 Å². The summed E-state index contributed by atoms with van der Waals surface area (Å²) in [5.41, 5.74) is 0.676. The summed E-state index contributed by atoms with van der Waals surface area (Å²) < 4.78 is 0. The van der Waals surface area contributed by atoms with Crippen molar-refractivity contribution in [3.8, 4) is 0 Å². The van der Waals surface area contributed by atoms with Crippen molar-refractivity contribution >= 4 is 76.7 Å². The number of thioether (sulfide) groups is 1. The molecular formula is C71H121N11O12S. The van der Waals surface area contributed by atoms with E-state index in [-0.39, 0.29) is 62.3 Å². The summed E-state index contributed by atoms with van der Waals surface area (Å²) in [6, 6.07) is -3.56. The van der Waals surface area contributed by atoms with Crippen molar-refractivity contribution in [2.75, 3.05) is 55.1 Å². The number of hydrogen-bond acceptors (Lipinski definition) is 13. The molecule has 1 aromatic carbocycles. The number of benzene rings is 1. The predicted octanol–water partition coefficient (Wildman–Crippen LogP) is 6.26. The number of nitrogens with zero attached hydrogens (tertiary/aromatic N) is 8. The van der Waals surface area contributed by atoms with Crippen LogP contribution in [0.1, 0.15) is 169 Å². The topological polar surface area (TPSA) is 270 Å². The summed E-state index contributed by atoms with van der Waals surface area (Å²) in [6.45, 7) is 32.0. The van der Waals surface area contributed by atoms with E-state index in [1.165, 1.54) is 97.5 Å². The Morgan fingerprint density at radius 3 is 1.35 bits per heavy atom. The minimum absolute atomic E-state index is 0.00307. The van der Waals surface area contributed by atoms with Crippen LogP contribution in [0.3, 0.4) is 0 Å². The molecule has 0 bridgehead atoms. The highest BCUT2D eigenvalue weighted by molar-refractivity contribution is 8.00. The van der Waals surface area contributed by atoms with Gasteiger partial charge >= 0.3 is 0 Å². The molecule has 2 rings (SSSR count). The van der Waals surface area contributed by atoms with Crippen molar-refractivity contribution in [1.82, 2.24) is 55.1 Å². The third-order valence-electron chi connectivity index (χ3n) is 18.0. The fourth-order valence-electron chi connectivity index (χ4n) is 12.3. The van der Waals surface area contributed by atoms with Gasteiger partial charge in [-0.2, -0.15) is 0 Å². The summed E-state index contributed by atoms with van der Waals surface area (Å²) in [5, 5.41) is 19.4. The molecule has 23 nitrogen and oxygen atoms in total. The number of amides is 11. The number of carbonyl (C=O) groups is 11. The van der Waals surface area contributed by atoms with Crippen LogP contribution in [0.15, 0.2) is 42.5 Å². The molecule has 1 unspecified atom stereocenters. The van der Waals surface area contributed by atoms with Crippen LogP contribution >= 0.6 is 11.8 Å². The number of aliphatic hydroxyl groups is 1. The van der Waals surface area contributed by atoms with Gasteiger partial charge in [-0.05, 0) is 112 Å². The fraction of sp³-hybridized carbons (Fsp3) is 0.732. The van der Waals surface area contributed by atoms with E-state index in [1.54, 1.807) is 59.8 Å². The second-order valence-corrected chi connectivity index (χ2v) is 29.9. The molecule has 1 aliphatic rings. The van der Waals surface area contributed by atoms with Gasteiger partial charge in [-0.3, -0.25) is 52.7 Å². The van der Waals surface area contributed by atoms with Crippen LogP contribution in [0, 0.1) is 41.4 Å². The number of rotatable bonds is 19. The molecule has 11 amide bonds. The second kappa shape index (κ2) is 39.0. The Bertz CT molecular complexity index is 2760. The van der Waals surface area contributed by atoms with Crippen LogP contribution in [0.25, 0.3) is 0 Å². The van der Waals surface area contributed by atoms with Gasteiger partial charge in [0, 0.05) is 55.9 Å². The van der Waals surface area contributed by atoms with Crippen molar-refractivity contribution < 1.29 is 57.8 Å². The quantitative estimate of drug-likeness (QED) is 0.112. The highest BCUT2D eigenvalue weighted by Crippen LogP contribution is 2.29. The maximum atomic E-state index is 15.9. The lowest BCUT2D eigenvalue weighted by molar-refractivity contribution is -0.157. The first-order valence-corrected chi connectivity index (χ1v) is 35.2. The molecule has 1 aromatic rings. The van der Waals surface area contributed by atoms with Gasteiger partial charge in [-0.1, -0.05) is 146 Å². The lowest BCUT2D eigenvalue weighted by atomic mass is 9.91. The minimum atomic E-state index is -1.64. The number of hydrogen-bond donors (Lipinski definition) is 4. The predicted molar refractivity (Wildman–Crippen MR) is 374 cm³/mol. The zero-order valence-electron chi connectivity index (χ0n) is 62.1. The first kappa shape index (κ1) is 84.5. The van der Waals surface area contributed by atoms with Crippen LogP contribution in [0.2, 0.25) is 0 Å². The number of carbonyl (C=O) groups excluding carboxylic acids is 11. The van der Waals surface area contributed by atoms with Gasteiger partial charge < -0.3 is 60.3 Å². The van der Waals surface area contributed by atoms with E-state index in [0.29, 0.717) is 17.7 Å². The molecular weight excluding hydrogens is 1230 g/mol. The second-order valence-electron chi connectivity index (χ2n) is 28.5. The van der Waals surface area contributed by atoms with E-state index in [2.05, 4.69) is 16.0 Å². The maximum absolute atomic E-state index is 15.9. The first-order chi connectivity index (χ1) is 44.2. The van der Waals surface area contributed by atoms with Crippen molar-refractivity contribution in [2.24, 2.45) is 41.4 Å².